The van der Waals surface area contributed by atoms with Gasteiger partial charge in [-0.05, 0) is 62.8 Å². The Morgan fingerprint density at radius 3 is 2.71 bits per heavy atom. The first kappa shape index (κ1) is 20.8. The van der Waals surface area contributed by atoms with Crippen LogP contribution >= 0.6 is 0 Å². The summed E-state index contributed by atoms with van der Waals surface area (Å²) in [6.07, 6.45) is 4.19. The molecule has 0 spiro atoms. The van der Waals surface area contributed by atoms with Gasteiger partial charge in [-0.1, -0.05) is 6.07 Å². The van der Waals surface area contributed by atoms with Gasteiger partial charge in [-0.15, -0.1) is 0 Å². The van der Waals surface area contributed by atoms with Crippen LogP contribution in [0, 0.1) is 20.8 Å². The lowest BCUT2D eigenvalue weighted by molar-refractivity contribution is -0.118. The van der Waals surface area contributed by atoms with Gasteiger partial charge >= 0.3 is 0 Å². The third kappa shape index (κ3) is 3.52. The minimum Gasteiger partial charge on any atom is -0.495 e. The minimum absolute atomic E-state index is 0.0574. The summed E-state index contributed by atoms with van der Waals surface area (Å²) in [6.45, 7) is 6.56. The third-order valence-corrected chi connectivity index (χ3v) is 6.14. The van der Waals surface area contributed by atoms with Crippen LogP contribution < -0.4 is 15.4 Å². The van der Waals surface area contributed by atoms with Gasteiger partial charge in [0.25, 0.3) is 5.91 Å². The number of ether oxygens (including phenoxy) is 1. The molecule has 0 aliphatic carbocycles. The fourth-order valence-electron chi connectivity index (χ4n) is 4.48. The number of benzene rings is 1. The van der Waals surface area contributed by atoms with Crippen molar-refractivity contribution in [2.24, 2.45) is 5.73 Å². The van der Waals surface area contributed by atoms with Gasteiger partial charge in [0.2, 0.25) is 5.91 Å². The summed E-state index contributed by atoms with van der Waals surface area (Å²) in [4.78, 5) is 31.3. The van der Waals surface area contributed by atoms with Crippen molar-refractivity contribution in [2.75, 3.05) is 18.6 Å². The van der Waals surface area contributed by atoms with E-state index < -0.39 is 5.91 Å². The summed E-state index contributed by atoms with van der Waals surface area (Å²) in [5.74, 6) is 0.235. The van der Waals surface area contributed by atoms with Crippen molar-refractivity contribution in [3.8, 4) is 5.75 Å². The lowest BCUT2D eigenvalue weighted by atomic mass is 9.95. The van der Waals surface area contributed by atoms with Crippen LogP contribution in [0.2, 0.25) is 0 Å². The van der Waals surface area contributed by atoms with Gasteiger partial charge in [-0.25, -0.2) is 9.50 Å². The van der Waals surface area contributed by atoms with Gasteiger partial charge in [-0.3, -0.25) is 9.59 Å². The van der Waals surface area contributed by atoms with E-state index in [1.165, 1.54) is 17.3 Å². The average molecular weight is 422 g/mol. The predicted octanol–water partition coefficient (Wildman–Crippen LogP) is 2.67. The number of aryl methyl sites for hydroxylation is 3. The zero-order valence-electron chi connectivity index (χ0n) is 18.4. The van der Waals surface area contributed by atoms with Crippen molar-refractivity contribution in [1.82, 2.24) is 14.6 Å². The Balaban J connectivity index is 1.62. The summed E-state index contributed by atoms with van der Waals surface area (Å²) in [6, 6.07) is 3.98. The highest BCUT2D eigenvalue weighted by Crippen LogP contribution is 2.38. The highest BCUT2D eigenvalue weighted by molar-refractivity contribution is 5.98. The SMILES string of the molecule is COc1ccc(C)c2c1N(C(=O)CCc1c(C)nc3c(C(N)=O)cnn3c1C)CCC2. The number of carbonyl (C=O) groups is 2. The van der Waals surface area contributed by atoms with E-state index in [2.05, 4.69) is 17.0 Å². The fourth-order valence-corrected chi connectivity index (χ4v) is 4.48. The molecular weight excluding hydrogens is 394 g/mol. The van der Waals surface area contributed by atoms with Gasteiger partial charge in [-0.2, -0.15) is 5.10 Å². The third-order valence-electron chi connectivity index (χ3n) is 6.14. The van der Waals surface area contributed by atoms with Crippen LogP contribution in [0.1, 0.15) is 51.3 Å². The Bertz CT molecular complexity index is 1200. The predicted molar refractivity (Wildman–Crippen MR) is 118 cm³/mol. The highest BCUT2D eigenvalue weighted by atomic mass is 16.5. The molecule has 2 aromatic heterocycles. The Morgan fingerprint density at radius 2 is 2.00 bits per heavy atom. The lowest BCUT2D eigenvalue weighted by Gasteiger charge is -2.32. The molecule has 0 unspecified atom stereocenters. The molecule has 0 saturated heterocycles. The maximum absolute atomic E-state index is 13.3. The number of aromatic nitrogens is 3. The topological polar surface area (TPSA) is 103 Å². The summed E-state index contributed by atoms with van der Waals surface area (Å²) in [5, 5.41) is 4.26. The molecule has 3 aromatic rings. The molecular formula is C23H27N5O3. The molecule has 4 rings (SSSR count). The number of hydrogen-bond acceptors (Lipinski definition) is 5. The second-order valence-electron chi connectivity index (χ2n) is 7.98. The summed E-state index contributed by atoms with van der Waals surface area (Å²) in [7, 11) is 1.64. The molecule has 0 atom stereocenters. The molecule has 31 heavy (non-hydrogen) atoms. The number of rotatable bonds is 5. The number of primary amides is 1. The van der Waals surface area contributed by atoms with E-state index in [-0.39, 0.29) is 5.91 Å². The van der Waals surface area contributed by atoms with Crippen LogP contribution in [0.4, 0.5) is 5.69 Å². The summed E-state index contributed by atoms with van der Waals surface area (Å²) in [5.41, 5.74) is 12.0. The van der Waals surface area contributed by atoms with E-state index in [4.69, 9.17) is 10.5 Å². The molecule has 2 N–H and O–H groups in total. The van der Waals surface area contributed by atoms with Crippen LogP contribution in [-0.2, 0) is 17.6 Å². The first-order valence-corrected chi connectivity index (χ1v) is 10.4. The van der Waals surface area contributed by atoms with E-state index in [9.17, 15) is 9.59 Å². The second-order valence-corrected chi connectivity index (χ2v) is 7.98. The number of fused-ring (bicyclic) bond motifs is 2. The Kier molecular flexibility index (Phi) is 5.39. The number of nitrogens with zero attached hydrogens (tertiary/aromatic N) is 4. The maximum Gasteiger partial charge on any atom is 0.254 e. The van der Waals surface area contributed by atoms with Crippen LogP contribution in [0.15, 0.2) is 18.3 Å². The zero-order valence-corrected chi connectivity index (χ0v) is 18.4. The molecule has 3 heterocycles. The van der Waals surface area contributed by atoms with Crippen LogP contribution in [-0.4, -0.2) is 40.1 Å². The monoisotopic (exact) mass is 421 g/mol. The smallest absolute Gasteiger partial charge is 0.254 e. The minimum atomic E-state index is -0.558. The molecule has 0 fully saturated rings. The standard InChI is InChI=1S/C23H27N5O3/c1-13-7-9-19(31-4)21-16(13)6-5-11-27(21)20(29)10-8-17-14(2)26-23-18(22(24)30)12-25-28(23)15(17)3/h7,9,12H,5-6,8,10-11H2,1-4H3,(H2,24,30). The van der Waals surface area contributed by atoms with Crippen molar-refractivity contribution >= 4 is 23.1 Å². The van der Waals surface area contributed by atoms with E-state index in [1.807, 2.05) is 30.9 Å². The quantitative estimate of drug-likeness (QED) is 0.682. The largest absolute Gasteiger partial charge is 0.495 e. The highest BCUT2D eigenvalue weighted by Gasteiger charge is 2.27. The Labute approximate surface area is 181 Å². The molecule has 2 amide bonds. The molecule has 8 nitrogen and oxygen atoms in total. The molecule has 0 saturated carbocycles. The number of nitrogens with two attached hydrogens (primary N) is 1. The maximum atomic E-state index is 13.3. The van der Waals surface area contributed by atoms with E-state index >= 15 is 0 Å². The van der Waals surface area contributed by atoms with Gasteiger partial charge in [0.15, 0.2) is 5.65 Å². The van der Waals surface area contributed by atoms with Crippen molar-refractivity contribution in [3.63, 3.8) is 0 Å². The van der Waals surface area contributed by atoms with Crippen LogP contribution in [0.3, 0.4) is 0 Å². The van der Waals surface area contributed by atoms with E-state index in [0.717, 1.165) is 41.2 Å². The number of anilines is 1. The first-order chi connectivity index (χ1) is 14.8. The fraction of sp³-hybridized carbons (Fsp3) is 0.391. The van der Waals surface area contributed by atoms with Gasteiger partial charge in [0, 0.05) is 24.4 Å². The molecule has 1 aliphatic heterocycles. The van der Waals surface area contributed by atoms with Crippen LogP contribution in [0.25, 0.3) is 5.65 Å². The van der Waals surface area contributed by atoms with Gasteiger partial charge < -0.3 is 15.4 Å². The van der Waals surface area contributed by atoms with Crippen molar-refractivity contribution in [2.45, 2.75) is 46.5 Å². The molecule has 1 aliphatic rings. The number of carbonyl (C=O) groups excluding carboxylic acids is 2. The summed E-state index contributed by atoms with van der Waals surface area (Å²) < 4.78 is 7.19. The zero-order chi connectivity index (χ0) is 22.3. The molecule has 8 heteroatoms. The Morgan fingerprint density at radius 1 is 1.23 bits per heavy atom. The normalized spacial score (nSPS) is 13.4. The van der Waals surface area contributed by atoms with Gasteiger partial charge in [0.1, 0.15) is 11.3 Å². The average Bonchev–Trinajstić information content (AvgIpc) is 3.17. The molecule has 0 bridgehead atoms. The molecule has 162 valence electrons. The number of amides is 2. The number of hydrogen-bond donors (Lipinski definition) is 1. The second kappa shape index (κ2) is 8.02. The summed E-state index contributed by atoms with van der Waals surface area (Å²) >= 11 is 0. The Hall–Kier alpha value is -3.42. The van der Waals surface area contributed by atoms with Crippen molar-refractivity contribution < 1.29 is 14.3 Å². The first-order valence-electron chi connectivity index (χ1n) is 10.4. The van der Waals surface area contributed by atoms with E-state index in [0.29, 0.717) is 30.6 Å². The van der Waals surface area contributed by atoms with Crippen molar-refractivity contribution in [1.29, 1.82) is 0 Å². The van der Waals surface area contributed by atoms with Crippen LogP contribution in [0.5, 0.6) is 5.75 Å². The van der Waals surface area contributed by atoms with Crippen molar-refractivity contribution in [3.05, 3.63) is 52.0 Å². The molecule has 1 aromatic carbocycles. The van der Waals surface area contributed by atoms with E-state index in [1.54, 1.807) is 11.6 Å². The lowest BCUT2D eigenvalue weighted by Crippen LogP contribution is -2.36. The molecule has 0 radical (unpaired) electrons. The number of methoxy groups -OCH3 is 1. The van der Waals surface area contributed by atoms with Gasteiger partial charge in [0.05, 0.1) is 19.0 Å².